The van der Waals surface area contributed by atoms with Gasteiger partial charge in [0.15, 0.2) is 0 Å². The van der Waals surface area contributed by atoms with Crippen molar-refractivity contribution in [3.05, 3.63) is 71.7 Å². The van der Waals surface area contributed by atoms with Gasteiger partial charge in [0.05, 0.1) is 23.9 Å². The van der Waals surface area contributed by atoms with Gasteiger partial charge in [-0.3, -0.25) is 9.78 Å². The highest BCUT2D eigenvalue weighted by molar-refractivity contribution is 5.99. The molecule has 178 valence electrons. The second-order valence-electron chi connectivity index (χ2n) is 8.98. The molecule has 1 atom stereocenters. The molecule has 5 heteroatoms. The summed E-state index contributed by atoms with van der Waals surface area (Å²) in [5.41, 5.74) is 4.86. The largest absolute Gasteiger partial charge is 0.466 e. The fourth-order valence-electron chi connectivity index (χ4n) is 4.17. The Morgan fingerprint density at radius 1 is 1.18 bits per heavy atom. The number of aliphatic hydroxyl groups is 1. The number of aliphatic hydroxyl groups excluding tert-OH is 1. The normalized spacial score (nSPS) is 14.6. The number of ether oxygens (including phenoxy) is 1. The van der Waals surface area contributed by atoms with Crippen LogP contribution in [0, 0.1) is 5.82 Å². The van der Waals surface area contributed by atoms with E-state index in [1.165, 1.54) is 12.1 Å². The van der Waals surface area contributed by atoms with Gasteiger partial charge in [-0.15, -0.1) is 0 Å². The molecule has 1 aromatic heterocycles. The number of esters is 1. The van der Waals surface area contributed by atoms with Crippen LogP contribution in [0.1, 0.15) is 69.0 Å². The quantitative estimate of drug-likeness (QED) is 0.252. The smallest absolute Gasteiger partial charge is 0.305 e. The molecular formula is C29H32FNO3. The van der Waals surface area contributed by atoms with Crippen molar-refractivity contribution in [3.8, 4) is 11.1 Å². The number of hydrogen-bond donors (Lipinski definition) is 1. The van der Waals surface area contributed by atoms with Gasteiger partial charge in [0.2, 0.25) is 0 Å². The lowest BCUT2D eigenvalue weighted by atomic mass is 9.92. The molecule has 1 N–H and O–H groups in total. The summed E-state index contributed by atoms with van der Waals surface area (Å²) in [7, 11) is 0. The number of carbonyl (C=O) groups is 1. The van der Waals surface area contributed by atoms with Gasteiger partial charge in [-0.25, -0.2) is 4.39 Å². The Morgan fingerprint density at radius 2 is 1.94 bits per heavy atom. The Bertz CT molecular complexity index is 1150. The minimum absolute atomic E-state index is 0.210. The third-order valence-corrected chi connectivity index (χ3v) is 6.18. The monoisotopic (exact) mass is 461 g/mol. The SMILES string of the molecule is CCCCOC(=O)CCC[C@H](O)/C=C/c1c(C2CC2)nc2ccccc2c1-c1ccc(F)cc1. The molecule has 0 aliphatic heterocycles. The zero-order valence-corrected chi connectivity index (χ0v) is 19.7. The third kappa shape index (κ3) is 6.09. The van der Waals surface area contributed by atoms with Crippen LogP contribution in [0.3, 0.4) is 0 Å². The highest BCUT2D eigenvalue weighted by Crippen LogP contribution is 2.45. The number of nitrogens with zero attached hydrogens (tertiary/aromatic N) is 1. The Kier molecular flexibility index (Phi) is 8.07. The minimum Gasteiger partial charge on any atom is -0.466 e. The molecule has 2 aromatic carbocycles. The molecule has 3 aromatic rings. The Balaban J connectivity index is 1.58. The summed E-state index contributed by atoms with van der Waals surface area (Å²) in [4.78, 5) is 16.8. The molecule has 1 aliphatic rings. The van der Waals surface area contributed by atoms with E-state index in [1.54, 1.807) is 18.2 Å². The molecule has 0 saturated heterocycles. The molecule has 34 heavy (non-hydrogen) atoms. The third-order valence-electron chi connectivity index (χ3n) is 6.18. The van der Waals surface area contributed by atoms with Gasteiger partial charge in [-0.2, -0.15) is 0 Å². The van der Waals surface area contributed by atoms with E-state index in [0.717, 1.165) is 59.0 Å². The zero-order chi connectivity index (χ0) is 23.9. The summed E-state index contributed by atoms with van der Waals surface area (Å²) < 4.78 is 18.8. The van der Waals surface area contributed by atoms with Crippen molar-refractivity contribution in [2.75, 3.05) is 6.61 Å². The number of carbonyl (C=O) groups excluding carboxylic acids is 1. The number of fused-ring (bicyclic) bond motifs is 1. The fraction of sp³-hybridized carbons (Fsp3) is 0.379. The number of para-hydroxylation sites is 1. The van der Waals surface area contributed by atoms with Gasteiger partial charge < -0.3 is 9.84 Å². The maximum atomic E-state index is 13.7. The summed E-state index contributed by atoms with van der Waals surface area (Å²) in [6.45, 7) is 2.51. The van der Waals surface area contributed by atoms with E-state index in [2.05, 4.69) is 6.92 Å². The van der Waals surface area contributed by atoms with E-state index in [4.69, 9.17) is 9.72 Å². The van der Waals surface area contributed by atoms with E-state index >= 15 is 0 Å². The van der Waals surface area contributed by atoms with Crippen LogP contribution in [0.4, 0.5) is 4.39 Å². The van der Waals surface area contributed by atoms with Crippen LogP contribution in [-0.4, -0.2) is 28.8 Å². The maximum absolute atomic E-state index is 13.7. The van der Waals surface area contributed by atoms with Crippen molar-refractivity contribution in [1.82, 2.24) is 4.98 Å². The van der Waals surface area contributed by atoms with Crippen molar-refractivity contribution in [2.45, 2.75) is 63.9 Å². The van der Waals surface area contributed by atoms with Gasteiger partial charge in [0.25, 0.3) is 0 Å². The highest BCUT2D eigenvalue weighted by Gasteiger charge is 2.29. The molecule has 0 spiro atoms. The molecule has 1 fully saturated rings. The second kappa shape index (κ2) is 11.4. The summed E-state index contributed by atoms with van der Waals surface area (Å²) in [5.74, 6) is -0.0817. The van der Waals surface area contributed by atoms with Crippen molar-refractivity contribution < 1.29 is 19.0 Å². The van der Waals surface area contributed by atoms with Crippen LogP contribution in [0.2, 0.25) is 0 Å². The number of pyridine rings is 1. The average molecular weight is 462 g/mol. The number of rotatable bonds is 11. The van der Waals surface area contributed by atoms with Crippen molar-refractivity contribution in [2.24, 2.45) is 0 Å². The van der Waals surface area contributed by atoms with Crippen molar-refractivity contribution in [3.63, 3.8) is 0 Å². The van der Waals surface area contributed by atoms with Crippen molar-refractivity contribution >= 4 is 22.9 Å². The Morgan fingerprint density at radius 3 is 2.68 bits per heavy atom. The summed E-state index contributed by atoms with van der Waals surface area (Å²) in [5, 5.41) is 11.6. The lowest BCUT2D eigenvalue weighted by molar-refractivity contribution is -0.143. The topological polar surface area (TPSA) is 59.4 Å². The molecule has 0 bridgehead atoms. The molecule has 0 radical (unpaired) electrons. The van der Waals surface area contributed by atoms with Gasteiger partial charge in [-0.1, -0.05) is 55.8 Å². The molecule has 1 heterocycles. The van der Waals surface area contributed by atoms with E-state index in [-0.39, 0.29) is 11.8 Å². The number of halogens is 1. The number of unbranched alkanes of at least 4 members (excludes halogenated alkanes) is 1. The van der Waals surface area contributed by atoms with Gasteiger partial charge in [-0.05, 0) is 55.9 Å². The molecular weight excluding hydrogens is 429 g/mol. The van der Waals surface area contributed by atoms with E-state index in [0.29, 0.717) is 31.8 Å². The second-order valence-corrected chi connectivity index (χ2v) is 8.98. The first kappa shape index (κ1) is 24.1. The van der Waals surface area contributed by atoms with Crippen LogP contribution in [0.5, 0.6) is 0 Å². The predicted molar refractivity (Wildman–Crippen MR) is 134 cm³/mol. The number of benzene rings is 2. The average Bonchev–Trinajstić information content (AvgIpc) is 3.68. The fourth-order valence-corrected chi connectivity index (χ4v) is 4.17. The van der Waals surface area contributed by atoms with Crippen LogP contribution in [0.15, 0.2) is 54.6 Å². The van der Waals surface area contributed by atoms with E-state index in [9.17, 15) is 14.3 Å². The van der Waals surface area contributed by atoms with Gasteiger partial charge >= 0.3 is 5.97 Å². The molecule has 0 unspecified atom stereocenters. The summed E-state index contributed by atoms with van der Waals surface area (Å²) in [6, 6.07) is 14.6. The minimum atomic E-state index is -0.678. The van der Waals surface area contributed by atoms with Crippen LogP contribution >= 0.6 is 0 Å². The molecule has 1 aliphatic carbocycles. The van der Waals surface area contributed by atoms with Gasteiger partial charge in [0.1, 0.15) is 5.82 Å². The Hall–Kier alpha value is -3.05. The summed E-state index contributed by atoms with van der Waals surface area (Å²) in [6.07, 6.45) is 8.46. The van der Waals surface area contributed by atoms with Crippen LogP contribution in [0.25, 0.3) is 28.1 Å². The molecule has 0 amide bonds. The number of aromatic nitrogens is 1. The van der Waals surface area contributed by atoms with Crippen molar-refractivity contribution in [1.29, 1.82) is 0 Å². The lowest BCUT2D eigenvalue weighted by Crippen LogP contribution is -2.08. The molecule has 4 nitrogen and oxygen atoms in total. The summed E-state index contributed by atoms with van der Waals surface area (Å²) >= 11 is 0. The predicted octanol–water partition coefficient (Wildman–Crippen LogP) is 6.81. The van der Waals surface area contributed by atoms with E-state index < -0.39 is 6.10 Å². The highest BCUT2D eigenvalue weighted by atomic mass is 19.1. The maximum Gasteiger partial charge on any atom is 0.305 e. The van der Waals surface area contributed by atoms with Gasteiger partial charge in [0, 0.05) is 28.9 Å². The first-order chi connectivity index (χ1) is 16.6. The zero-order valence-electron chi connectivity index (χ0n) is 19.7. The molecule has 1 saturated carbocycles. The number of hydrogen-bond acceptors (Lipinski definition) is 4. The first-order valence-corrected chi connectivity index (χ1v) is 12.3. The molecule has 4 rings (SSSR count). The van der Waals surface area contributed by atoms with Crippen LogP contribution < -0.4 is 0 Å². The van der Waals surface area contributed by atoms with E-state index in [1.807, 2.05) is 30.3 Å². The lowest BCUT2D eigenvalue weighted by Gasteiger charge is -2.16. The standard InChI is InChI=1S/C29H32FNO3/c1-2-3-19-34-27(33)10-6-7-23(32)17-18-25-28(20-13-15-22(30)16-14-20)24-8-4-5-9-26(24)31-29(25)21-11-12-21/h4-5,8-9,13-18,21,23,32H,2-3,6-7,10-12,19H2,1H3/b18-17+/t23-/m0/s1. The van der Waals surface area contributed by atoms with Crippen LogP contribution in [-0.2, 0) is 9.53 Å². The Labute approximate surface area is 200 Å². The first-order valence-electron chi connectivity index (χ1n) is 12.3.